The molecule has 1 saturated heterocycles. The van der Waals surface area contributed by atoms with Gasteiger partial charge in [-0.3, -0.25) is 4.90 Å². The number of amides is 2. The molecule has 0 saturated carbocycles. The lowest BCUT2D eigenvalue weighted by Gasteiger charge is -2.34. The lowest BCUT2D eigenvalue weighted by Crippen LogP contribution is -2.51. The zero-order valence-electron chi connectivity index (χ0n) is 13.4. The van der Waals surface area contributed by atoms with Crippen LogP contribution in [-0.4, -0.2) is 69.1 Å². The maximum absolute atomic E-state index is 12.0. The van der Waals surface area contributed by atoms with Gasteiger partial charge in [-0.2, -0.15) is 0 Å². The lowest BCUT2D eigenvalue weighted by atomic mass is 10.1. The summed E-state index contributed by atoms with van der Waals surface area (Å²) in [5, 5.41) is 2.86. The summed E-state index contributed by atoms with van der Waals surface area (Å²) in [7, 11) is 1.63. The van der Waals surface area contributed by atoms with E-state index in [9.17, 15) is 4.79 Å². The van der Waals surface area contributed by atoms with E-state index >= 15 is 0 Å². The van der Waals surface area contributed by atoms with E-state index in [1.165, 1.54) is 5.56 Å². The van der Waals surface area contributed by atoms with E-state index < -0.39 is 0 Å². The Kier molecular flexibility index (Phi) is 5.19. The van der Waals surface area contributed by atoms with Crippen LogP contribution in [0.4, 0.5) is 4.79 Å². The van der Waals surface area contributed by atoms with Crippen LogP contribution in [0.25, 0.3) is 0 Å². The molecule has 0 atom stereocenters. The van der Waals surface area contributed by atoms with E-state index in [0.717, 1.165) is 44.2 Å². The van der Waals surface area contributed by atoms with E-state index in [1.807, 2.05) is 17.0 Å². The minimum absolute atomic E-state index is 0.00946. The molecule has 1 fully saturated rings. The highest BCUT2D eigenvalue weighted by atomic mass is 16.7. The first kappa shape index (κ1) is 15.9. The number of nitrogens with zero attached hydrogens (tertiary/aromatic N) is 2. The van der Waals surface area contributed by atoms with Gasteiger partial charge >= 0.3 is 6.03 Å². The second-order valence-electron chi connectivity index (χ2n) is 5.68. The summed E-state index contributed by atoms with van der Waals surface area (Å²) in [6, 6.07) is 6.05. The number of rotatable bonds is 5. The first-order chi connectivity index (χ1) is 11.3. The average Bonchev–Trinajstić information content (AvgIpc) is 3.03. The van der Waals surface area contributed by atoms with E-state index in [0.29, 0.717) is 19.9 Å². The Morgan fingerprint density at radius 3 is 2.78 bits per heavy atom. The van der Waals surface area contributed by atoms with Crippen molar-refractivity contribution in [1.29, 1.82) is 0 Å². The van der Waals surface area contributed by atoms with Crippen LogP contribution >= 0.6 is 0 Å². The van der Waals surface area contributed by atoms with Crippen LogP contribution in [-0.2, 0) is 11.3 Å². The maximum atomic E-state index is 12.0. The van der Waals surface area contributed by atoms with Crippen molar-refractivity contribution in [3.05, 3.63) is 23.8 Å². The number of benzene rings is 1. The Morgan fingerprint density at radius 1 is 1.22 bits per heavy atom. The number of methoxy groups -OCH3 is 1. The van der Waals surface area contributed by atoms with Crippen LogP contribution in [0.2, 0.25) is 0 Å². The van der Waals surface area contributed by atoms with Crippen molar-refractivity contribution in [3.63, 3.8) is 0 Å². The van der Waals surface area contributed by atoms with Gasteiger partial charge in [0.15, 0.2) is 11.5 Å². The highest BCUT2D eigenvalue weighted by Gasteiger charge is 2.21. The molecule has 0 radical (unpaired) electrons. The topological polar surface area (TPSA) is 63.3 Å². The summed E-state index contributed by atoms with van der Waals surface area (Å²) >= 11 is 0. The molecule has 2 heterocycles. The van der Waals surface area contributed by atoms with Gasteiger partial charge in [-0.1, -0.05) is 6.07 Å². The van der Waals surface area contributed by atoms with Crippen LogP contribution in [0.3, 0.4) is 0 Å². The predicted molar refractivity (Wildman–Crippen MR) is 84.7 cm³/mol. The molecule has 0 spiro atoms. The minimum Gasteiger partial charge on any atom is -0.454 e. The van der Waals surface area contributed by atoms with Crippen molar-refractivity contribution in [2.75, 3.05) is 53.2 Å². The van der Waals surface area contributed by atoms with Gasteiger partial charge < -0.3 is 24.4 Å². The molecule has 1 N–H and O–H groups in total. The molecule has 7 nitrogen and oxygen atoms in total. The van der Waals surface area contributed by atoms with E-state index in [1.54, 1.807) is 7.11 Å². The summed E-state index contributed by atoms with van der Waals surface area (Å²) in [5.41, 5.74) is 1.20. The molecule has 0 aliphatic carbocycles. The van der Waals surface area contributed by atoms with Gasteiger partial charge in [0.25, 0.3) is 0 Å². The summed E-state index contributed by atoms with van der Waals surface area (Å²) < 4.78 is 15.7. The highest BCUT2D eigenvalue weighted by Crippen LogP contribution is 2.32. The van der Waals surface area contributed by atoms with Crippen LogP contribution in [0.15, 0.2) is 18.2 Å². The van der Waals surface area contributed by atoms with Gasteiger partial charge in [-0.15, -0.1) is 0 Å². The number of hydrogen-bond donors (Lipinski definition) is 1. The smallest absolute Gasteiger partial charge is 0.317 e. The molecule has 7 heteroatoms. The third-order valence-electron chi connectivity index (χ3n) is 4.09. The molecule has 3 rings (SSSR count). The third kappa shape index (κ3) is 4.05. The van der Waals surface area contributed by atoms with Crippen LogP contribution in [0, 0.1) is 0 Å². The molecular formula is C16H23N3O4. The van der Waals surface area contributed by atoms with Gasteiger partial charge in [0.05, 0.1) is 6.61 Å². The molecule has 2 aliphatic heterocycles. The molecule has 0 unspecified atom stereocenters. The molecule has 2 amide bonds. The summed E-state index contributed by atoms with van der Waals surface area (Å²) in [5.74, 6) is 1.63. The van der Waals surface area contributed by atoms with Crippen LogP contribution < -0.4 is 14.8 Å². The maximum Gasteiger partial charge on any atom is 0.317 e. The van der Waals surface area contributed by atoms with E-state index in [-0.39, 0.29) is 6.03 Å². The van der Waals surface area contributed by atoms with Crippen molar-refractivity contribution in [3.8, 4) is 11.5 Å². The van der Waals surface area contributed by atoms with Crippen molar-refractivity contribution < 1.29 is 19.0 Å². The number of carbonyl (C=O) groups is 1. The van der Waals surface area contributed by atoms with Crippen LogP contribution in [0.1, 0.15) is 5.56 Å². The molecular weight excluding hydrogens is 298 g/mol. The number of carbonyl (C=O) groups excluding carboxylic acids is 1. The van der Waals surface area contributed by atoms with Crippen molar-refractivity contribution >= 4 is 6.03 Å². The Labute approximate surface area is 136 Å². The molecule has 2 aliphatic rings. The molecule has 126 valence electrons. The van der Waals surface area contributed by atoms with Gasteiger partial charge in [0.2, 0.25) is 6.79 Å². The Morgan fingerprint density at radius 2 is 2.00 bits per heavy atom. The predicted octanol–water partition coefficient (Wildman–Crippen LogP) is 0.889. The zero-order chi connectivity index (χ0) is 16.1. The van der Waals surface area contributed by atoms with Crippen LogP contribution in [0.5, 0.6) is 11.5 Å². The largest absolute Gasteiger partial charge is 0.454 e. The molecule has 0 aromatic heterocycles. The molecule has 1 aromatic rings. The number of fused-ring (bicyclic) bond motifs is 1. The Balaban J connectivity index is 1.45. The fourth-order valence-electron chi connectivity index (χ4n) is 2.78. The normalized spacial score (nSPS) is 17.3. The number of nitrogens with one attached hydrogen (secondary N) is 1. The quantitative estimate of drug-likeness (QED) is 0.816. The number of piperazine rings is 1. The number of urea groups is 1. The minimum atomic E-state index is -0.00946. The van der Waals surface area contributed by atoms with Gasteiger partial charge in [0, 0.05) is 46.4 Å². The molecule has 23 heavy (non-hydrogen) atoms. The van der Waals surface area contributed by atoms with Gasteiger partial charge in [-0.25, -0.2) is 4.79 Å². The number of ether oxygens (including phenoxy) is 3. The number of hydrogen-bond acceptors (Lipinski definition) is 5. The Bertz CT molecular complexity index is 544. The van der Waals surface area contributed by atoms with Gasteiger partial charge in [0.1, 0.15) is 0 Å². The van der Waals surface area contributed by atoms with Crippen molar-refractivity contribution in [2.24, 2.45) is 0 Å². The van der Waals surface area contributed by atoms with Gasteiger partial charge in [-0.05, 0) is 17.7 Å². The first-order valence-corrected chi connectivity index (χ1v) is 7.89. The average molecular weight is 321 g/mol. The summed E-state index contributed by atoms with van der Waals surface area (Å²) in [6.07, 6.45) is 0. The van der Waals surface area contributed by atoms with E-state index in [4.69, 9.17) is 14.2 Å². The second-order valence-corrected chi connectivity index (χ2v) is 5.68. The Hall–Kier alpha value is -1.99. The summed E-state index contributed by atoms with van der Waals surface area (Å²) in [4.78, 5) is 16.2. The summed E-state index contributed by atoms with van der Waals surface area (Å²) in [6.45, 7) is 5.46. The lowest BCUT2D eigenvalue weighted by molar-refractivity contribution is 0.132. The SMILES string of the molecule is COCCNC(=O)N1CCN(Cc2ccc3c(c2)OCO3)CC1. The van der Waals surface area contributed by atoms with E-state index in [2.05, 4.69) is 16.3 Å². The zero-order valence-corrected chi connectivity index (χ0v) is 13.4. The first-order valence-electron chi connectivity index (χ1n) is 7.89. The standard InChI is InChI=1S/C16H23N3O4/c1-21-9-4-17-16(20)19-7-5-18(6-8-19)11-13-2-3-14-15(10-13)23-12-22-14/h2-3,10H,4-9,11-12H2,1H3,(H,17,20). The fraction of sp³-hybridized carbons (Fsp3) is 0.562. The monoisotopic (exact) mass is 321 g/mol. The highest BCUT2D eigenvalue weighted by molar-refractivity contribution is 5.74. The van der Waals surface area contributed by atoms with Crippen molar-refractivity contribution in [2.45, 2.75) is 6.54 Å². The second kappa shape index (κ2) is 7.52. The fourth-order valence-corrected chi connectivity index (χ4v) is 2.78. The van der Waals surface area contributed by atoms with Crippen molar-refractivity contribution in [1.82, 2.24) is 15.1 Å². The third-order valence-corrected chi connectivity index (χ3v) is 4.09. The molecule has 0 bridgehead atoms. The molecule has 1 aromatic carbocycles.